The topological polar surface area (TPSA) is 42.4 Å². The SMILES string of the molecule is c1ccc(-c2ccc(N(c3ccccc3)c3ccc(-c4cccc5oc6ccc(-c7ccc8oc(-c9ccccc9)nc8c7)cc6c45)cc3)cc2)cc1. The second kappa shape index (κ2) is 12.9. The van der Waals surface area contributed by atoms with E-state index in [4.69, 9.17) is 13.8 Å². The van der Waals surface area contributed by atoms with E-state index < -0.39 is 0 Å². The highest BCUT2D eigenvalue weighted by Gasteiger charge is 2.17. The summed E-state index contributed by atoms with van der Waals surface area (Å²) < 4.78 is 12.5. The van der Waals surface area contributed by atoms with Crippen molar-refractivity contribution < 1.29 is 8.83 Å². The molecular weight excluding hydrogens is 649 g/mol. The van der Waals surface area contributed by atoms with Crippen LogP contribution in [-0.2, 0) is 0 Å². The number of hydrogen-bond donors (Lipinski definition) is 0. The fourth-order valence-electron chi connectivity index (χ4n) is 7.31. The summed E-state index contributed by atoms with van der Waals surface area (Å²) in [5.41, 5.74) is 14.4. The van der Waals surface area contributed by atoms with E-state index in [0.29, 0.717) is 5.89 Å². The summed E-state index contributed by atoms with van der Waals surface area (Å²) in [5.74, 6) is 0.623. The molecule has 8 aromatic carbocycles. The number of hydrogen-bond acceptors (Lipinski definition) is 4. The number of nitrogens with zero attached hydrogens (tertiary/aromatic N) is 2. The fraction of sp³-hybridized carbons (Fsp3) is 0. The van der Waals surface area contributed by atoms with Gasteiger partial charge >= 0.3 is 0 Å². The van der Waals surface area contributed by atoms with Gasteiger partial charge in [-0.2, -0.15) is 0 Å². The van der Waals surface area contributed by atoms with Crippen LogP contribution in [0.5, 0.6) is 0 Å². The highest BCUT2D eigenvalue weighted by molar-refractivity contribution is 6.13. The predicted octanol–water partition coefficient (Wildman–Crippen LogP) is 13.9. The van der Waals surface area contributed by atoms with Crippen LogP contribution < -0.4 is 4.90 Å². The fourth-order valence-corrected chi connectivity index (χ4v) is 7.31. The van der Waals surface area contributed by atoms with Gasteiger partial charge in [0.25, 0.3) is 0 Å². The Morgan fingerprint density at radius 1 is 0.358 bits per heavy atom. The first-order chi connectivity index (χ1) is 26.2. The van der Waals surface area contributed by atoms with E-state index in [1.54, 1.807) is 0 Å². The quantitative estimate of drug-likeness (QED) is 0.168. The lowest BCUT2D eigenvalue weighted by molar-refractivity contribution is 0.620. The molecule has 0 atom stereocenters. The molecule has 0 saturated carbocycles. The van der Waals surface area contributed by atoms with Gasteiger partial charge in [0.15, 0.2) is 5.58 Å². The van der Waals surface area contributed by atoms with E-state index >= 15 is 0 Å². The third-order valence-electron chi connectivity index (χ3n) is 9.92. The molecule has 250 valence electrons. The lowest BCUT2D eigenvalue weighted by Gasteiger charge is -2.26. The summed E-state index contributed by atoms with van der Waals surface area (Å²) in [5, 5.41) is 2.18. The summed E-state index contributed by atoms with van der Waals surface area (Å²) in [6.07, 6.45) is 0. The minimum Gasteiger partial charge on any atom is -0.456 e. The average molecular weight is 681 g/mol. The molecule has 0 aliphatic heterocycles. The van der Waals surface area contributed by atoms with Crippen molar-refractivity contribution in [3.63, 3.8) is 0 Å². The van der Waals surface area contributed by atoms with Crippen molar-refractivity contribution in [2.75, 3.05) is 4.90 Å². The van der Waals surface area contributed by atoms with Crippen LogP contribution in [0.3, 0.4) is 0 Å². The first kappa shape index (κ1) is 30.6. The maximum Gasteiger partial charge on any atom is 0.227 e. The Balaban J connectivity index is 1.02. The molecule has 2 heterocycles. The Hall–Kier alpha value is -7.17. The van der Waals surface area contributed by atoms with Gasteiger partial charge in [-0.3, -0.25) is 0 Å². The molecule has 10 aromatic rings. The van der Waals surface area contributed by atoms with Gasteiger partial charge in [-0.25, -0.2) is 4.98 Å². The maximum absolute atomic E-state index is 6.41. The minimum absolute atomic E-state index is 0.623. The van der Waals surface area contributed by atoms with E-state index in [1.165, 1.54) is 11.1 Å². The van der Waals surface area contributed by atoms with Gasteiger partial charge in [0.05, 0.1) is 0 Å². The normalized spacial score (nSPS) is 11.4. The molecule has 0 spiro atoms. The van der Waals surface area contributed by atoms with E-state index in [0.717, 1.165) is 77.9 Å². The third kappa shape index (κ3) is 5.63. The van der Waals surface area contributed by atoms with E-state index in [9.17, 15) is 0 Å². The van der Waals surface area contributed by atoms with Crippen LogP contribution in [0.15, 0.2) is 203 Å². The zero-order valence-corrected chi connectivity index (χ0v) is 28.7. The smallest absolute Gasteiger partial charge is 0.227 e. The maximum atomic E-state index is 6.41. The molecule has 10 rings (SSSR count). The van der Waals surface area contributed by atoms with E-state index in [-0.39, 0.29) is 0 Å². The first-order valence-corrected chi connectivity index (χ1v) is 17.8. The number of furan rings is 1. The molecular formula is C49H32N2O2. The monoisotopic (exact) mass is 680 g/mol. The number of oxazole rings is 1. The number of benzene rings is 8. The lowest BCUT2D eigenvalue weighted by Crippen LogP contribution is -2.09. The Morgan fingerprint density at radius 2 is 0.906 bits per heavy atom. The molecule has 0 N–H and O–H groups in total. The molecule has 0 unspecified atom stereocenters. The van der Waals surface area contributed by atoms with Crippen LogP contribution in [0.1, 0.15) is 0 Å². The molecule has 4 heteroatoms. The highest BCUT2D eigenvalue weighted by Crippen LogP contribution is 2.41. The van der Waals surface area contributed by atoms with Gasteiger partial charge in [0.2, 0.25) is 5.89 Å². The Kier molecular flexibility index (Phi) is 7.43. The standard InChI is InChI=1S/C49H32N2O2/c1-4-11-33(12-5-1)34-19-25-40(26-20-34)51(39-15-8-3-9-16-39)41-27-21-35(22-28-41)42-17-10-18-47-48(42)43-31-37(23-29-45(43)52-47)38-24-30-46-44(32-38)50-49(53-46)36-13-6-2-7-14-36/h1-32H. The van der Waals surface area contributed by atoms with E-state index in [1.807, 2.05) is 42.5 Å². The Labute approximate surface area is 306 Å². The summed E-state index contributed by atoms with van der Waals surface area (Å²) in [7, 11) is 0. The van der Waals surface area contributed by atoms with Crippen LogP contribution in [0.25, 0.3) is 77.9 Å². The van der Waals surface area contributed by atoms with Crippen LogP contribution in [0, 0.1) is 0 Å². The van der Waals surface area contributed by atoms with Crippen molar-refractivity contribution in [3.8, 4) is 44.8 Å². The Bertz CT molecular complexity index is 2860. The predicted molar refractivity (Wildman–Crippen MR) is 218 cm³/mol. The number of anilines is 3. The van der Waals surface area contributed by atoms with Crippen molar-refractivity contribution >= 4 is 50.1 Å². The average Bonchev–Trinajstić information content (AvgIpc) is 3.84. The Morgan fingerprint density at radius 3 is 1.60 bits per heavy atom. The largest absolute Gasteiger partial charge is 0.456 e. The van der Waals surface area contributed by atoms with Gasteiger partial charge in [-0.1, -0.05) is 115 Å². The van der Waals surface area contributed by atoms with Crippen LogP contribution in [-0.4, -0.2) is 4.98 Å². The van der Waals surface area contributed by atoms with Crippen molar-refractivity contribution in [1.82, 2.24) is 4.98 Å². The third-order valence-corrected chi connectivity index (χ3v) is 9.92. The van der Waals surface area contributed by atoms with Crippen LogP contribution >= 0.6 is 0 Å². The van der Waals surface area contributed by atoms with Crippen LogP contribution in [0.2, 0.25) is 0 Å². The molecule has 0 aliphatic carbocycles. The van der Waals surface area contributed by atoms with Gasteiger partial charge in [0.1, 0.15) is 16.7 Å². The molecule has 53 heavy (non-hydrogen) atoms. The van der Waals surface area contributed by atoms with Crippen LogP contribution in [0.4, 0.5) is 17.1 Å². The molecule has 0 radical (unpaired) electrons. The van der Waals surface area contributed by atoms with Gasteiger partial charge in [-0.15, -0.1) is 0 Å². The van der Waals surface area contributed by atoms with Crippen molar-refractivity contribution in [2.24, 2.45) is 0 Å². The number of fused-ring (bicyclic) bond motifs is 4. The molecule has 0 saturated heterocycles. The summed E-state index contributed by atoms with van der Waals surface area (Å²) in [6, 6.07) is 67.6. The summed E-state index contributed by atoms with van der Waals surface area (Å²) in [4.78, 5) is 7.11. The first-order valence-electron chi connectivity index (χ1n) is 17.8. The molecule has 2 aromatic heterocycles. The zero-order valence-electron chi connectivity index (χ0n) is 28.7. The van der Waals surface area contributed by atoms with Gasteiger partial charge in [-0.05, 0) is 112 Å². The van der Waals surface area contributed by atoms with Gasteiger partial charge < -0.3 is 13.7 Å². The second-order valence-electron chi connectivity index (χ2n) is 13.2. The molecule has 0 aliphatic rings. The molecule has 4 nitrogen and oxygen atoms in total. The second-order valence-corrected chi connectivity index (χ2v) is 13.2. The minimum atomic E-state index is 0.623. The number of para-hydroxylation sites is 1. The highest BCUT2D eigenvalue weighted by atomic mass is 16.3. The summed E-state index contributed by atoms with van der Waals surface area (Å²) >= 11 is 0. The van der Waals surface area contributed by atoms with Crippen molar-refractivity contribution in [1.29, 1.82) is 0 Å². The van der Waals surface area contributed by atoms with E-state index in [2.05, 4.69) is 157 Å². The number of aromatic nitrogens is 1. The number of rotatable bonds is 7. The zero-order chi connectivity index (χ0) is 35.1. The van der Waals surface area contributed by atoms with Crippen molar-refractivity contribution in [3.05, 3.63) is 194 Å². The molecule has 0 fully saturated rings. The summed E-state index contributed by atoms with van der Waals surface area (Å²) in [6.45, 7) is 0. The molecule has 0 bridgehead atoms. The van der Waals surface area contributed by atoms with Crippen molar-refractivity contribution in [2.45, 2.75) is 0 Å². The molecule has 0 amide bonds. The van der Waals surface area contributed by atoms with Gasteiger partial charge in [0, 0.05) is 33.4 Å². The lowest BCUT2D eigenvalue weighted by atomic mass is 9.97.